The van der Waals surface area contributed by atoms with Crippen LogP contribution in [0.1, 0.15) is 39.2 Å². The molecule has 2 atom stereocenters. The maximum atomic E-state index is 12.6. The van der Waals surface area contributed by atoms with Crippen molar-refractivity contribution in [3.63, 3.8) is 0 Å². The molecule has 0 saturated heterocycles. The summed E-state index contributed by atoms with van der Waals surface area (Å²) in [4.78, 5) is 57.0. The van der Waals surface area contributed by atoms with Crippen molar-refractivity contribution in [3.05, 3.63) is 34.3 Å². The van der Waals surface area contributed by atoms with Crippen molar-refractivity contribution >= 4 is 57.4 Å². The number of aliphatic carboxylic acids is 1. The molecule has 2 amide bonds. The summed E-state index contributed by atoms with van der Waals surface area (Å²) in [6.07, 6.45) is 0.0485. The van der Waals surface area contributed by atoms with Gasteiger partial charge in [0.25, 0.3) is 5.97 Å². The zero-order chi connectivity index (χ0) is 27.5. The van der Waals surface area contributed by atoms with Crippen LogP contribution in [0.2, 0.25) is 0 Å². The minimum atomic E-state index is -0.913. The lowest BCUT2D eigenvalue weighted by Crippen LogP contribution is -2.49. The summed E-state index contributed by atoms with van der Waals surface area (Å²) in [6.45, 7) is 4.55. The summed E-state index contributed by atoms with van der Waals surface area (Å²) < 4.78 is 10.6. The van der Waals surface area contributed by atoms with Crippen molar-refractivity contribution in [2.45, 2.75) is 51.4 Å². The van der Waals surface area contributed by atoms with E-state index in [0.717, 1.165) is 17.0 Å². The number of carbonyl (C=O) groups is 5. The van der Waals surface area contributed by atoms with Crippen LogP contribution >= 0.6 is 27.7 Å². The summed E-state index contributed by atoms with van der Waals surface area (Å²) in [5.41, 5.74) is 6.78. The Hall–Kier alpha value is -2.64. The molecule has 0 aliphatic rings. The number of benzene rings is 1. The van der Waals surface area contributed by atoms with Gasteiger partial charge in [-0.15, -0.1) is 0 Å². The number of rotatable bonds is 14. The zero-order valence-corrected chi connectivity index (χ0v) is 23.0. The first-order chi connectivity index (χ1) is 17.0. The fourth-order valence-corrected chi connectivity index (χ4v) is 3.75. The summed E-state index contributed by atoms with van der Waals surface area (Å²) in [5, 5.41) is 12.6. The van der Waals surface area contributed by atoms with Gasteiger partial charge in [-0.3, -0.25) is 24.0 Å². The number of hydrogen-bond donors (Lipinski definition) is 4. The minimum absolute atomic E-state index is 0.0426. The fraction of sp³-hybridized carbons (Fsp3) is 0.522. The molecule has 2 unspecified atom stereocenters. The van der Waals surface area contributed by atoms with E-state index in [4.69, 9.17) is 25.1 Å². The number of nitrogens with two attached hydrogens (primary N) is 1. The number of esters is 2. The first-order valence-electron chi connectivity index (χ1n) is 11.2. The van der Waals surface area contributed by atoms with Crippen LogP contribution in [0.3, 0.4) is 0 Å². The molecule has 0 spiro atoms. The van der Waals surface area contributed by atoms with Gasteiger partial charge in [-0.2, -0.15) is 11.8 Å². The third-order valence-corrected chi connectivity index (χ3v) is 5.74. The van der Waals surface area contributed by atoms with Crippen molar-refractivity contribution in [2.75, 3.05) is 25.5 Å². The van der Waals surface area contributed by atoms with Crippen LogP contribution in [-0.2, 0) is 39.2 Å². The Morgan fingerprint density at radius 3 is 2.22 bits per heavy atom. The smallest absolute Gasteiger partial charge is 0.325 e. The monoisotopic (exact) mass is 591 g/mol. The molecule has 0 bridgehead atoms. The maximum absolute atomic E-state index is 12.6. The Bertz CT molecular complexity index is 850. The van der Waals surface area contributed by atoms with Crippen LogP contribution < -0.4 is 16.4 Å². The second kappa shape index (κ2) is 19.5. The van der Waals surface area contributed by atoms with Crippen molar-refractivity contribution in [2.24, 2.45) is 5.73 Å². The van der Waals surface area contributed by atoms with Crippen molar-refractivity contribution < 1.29 is 38.6 Å². The molecule has 202 valence electrons. The number of halogens is 1. The average molecular weight is 593 g/mol. The molecule has 0 radical (unpaired) electrons. The maximum Gasteiger partial charge on any atom is 0.325 e. The lowest BCUT2D eigenvalue weighted by atomic mass is 10.1. The molecule has 1 aromatic rings. The van der Waals surface area contributed by atoms with Crippen LogP contribution in [0, 0.1) is 0 Å². The van der Waals surface area contributed by atoms with E-state index in [-0.39, 0.29) is 32.6 Å². The number of ether oxygens (including phenoxy) is 2. The first kappa shape index (κ1) is 33.4. The van der Waals surface area contributed by atoms with Crippen molar-refractivity contribution in [3.8, 4) is 0 Å². The summed E-state index contributed by atoms with van der Waals surface area (Å²) in [6, 6.07) is 5.99. The topological polar surface area (TPSA) is 174 Å². The van der Waals surface area contributed by atoms with Gasteiger partial charge in [0.2, 0.25) is 11.8 Å². The van der Waals surface area contributed by atoms with E-state index < -0.39 is 41.8 Å². The summed E-state index contributed by atoms with van der Waals surface area (Å²) in [7, 11) is 0. The molecule has 1 aromatic carbocycles. The predicted octanol–water partition coefficient (Wildman–Crippen LogP) is 1.61. The van der Waals surface area contributed by atoms with Crippen molar-refractivity contribution in [1.29, 1.82) is 0 Å². The quantitative estimate of drug-likeness (QED) is 0.232. The van der Waals surface area contributed by atoms with Crippen LogP contribution in [0.15, 0.2) is 28.7 Å². The third-order valence-electron chi connectivity index (χ3n) is 4.10. The molecule has 0 aromatic heterocycles. The highest BCUT2D eigenvalue weighted by molar-refractivity contribution is 9.10. The molecule has 0 aliphatic heterocycles. The van der Waals surface area contributed by atoms with E-state index in [0.29, 0.717) is 11.5 Å². The molecular weight excluding hydrogens is 558 g/mol. The van der Waals surface area contributed by atoms with Gasteiger partial charge in [-0.1, -0.05) is 28.1 Å². The van der Waals surface area contributed by atoms with Gasteiger partial charge in [-0.25, -0.2) is 0 Å². The molecular formula is C23H34BrN3O8S. The van der Waals surface area contributed by atoms with Crippen molar-refractivity contribution in [1.82, 2.24) is 10.6 Å². The molecule has 0 fully saturated rings. The molecule has 1 rings (SSSR count). The highest BCUT2D eigenvalue weighted by Gasteiger charge is 2.23. The molecule has 5 N–H and O–H groups in total. The number of carboxylic acids is 1. The third kappa shape index (κ3) is 16.9. The fourth-order valence-electron chi connectivity index (χ4n) is 2.47. The van der Waals surface area contributed by atoms with Gasteiger partial charge in [0, 0.05) is 29.3 Å². The molecule has 0 saturated carbocycles. The van der Waals surface area contributed by atoms with Gasteiger partial charge >= 0.3 is 11.9 Å². The molecule has 36 heavy (non-hydrogen) atoms. The van der Waals surface area contributed by atoms with E-state index in [1.165, 1.54) is 11.8 Å². The standard InChI is InChI=1S/C21H30BrN3O6S.C2H4O2/c1-3-30-19(27)11-24-20(28)17(13-32-12-14-5-7-15(22)8-6-14)25-18(26)10-9-16(23)21(29)31-4-2;1-2(3)4/h5-8,16-17H,3-4,9-13,23H2,1-2H3,(H,24,28)(H,25,26);1H3,(H,3,4). The Kier molecular flexibility index (Phi) is 18.1. The second-order valence-corrected chi connectivity index (χ2v) is 9.15. The SMILES string of the molecule is CC(=O)O.CCOC(=O)CNC(=O)C(CSCc1ccc(Br)cc1)NC(=O)CCC(N)C(=O)OCC. The van der Waals surface area contributed by atoms with Crippen LogP contribution in [0.25, 0.3) is 0 Å². The number of carbonyl (C=O) groups excluding carboxylic acids is 4. The largest absolute Gasteiger partial charge is 0.481 e. The van der Waals surface area contributed by atoms with E-state index in [2.05, 4.69) is 26.6 Å². The molecule has 11 nitrogen and oxygen atoms in total. The molecule has 13 heteroatoms. The van der Waals surface area contributed by atoms with E-state index in [1.807, 2.05) is 24.3 Å². The second-order valence-electron chi connectivity index (χ2n) is 7.20. The number of thioether (sulfide) groups is 1. The number of nitrogens with one attached hydrogen (secondary N) is 2. The zero-order valence-electron chi connectivity index (χ0n) is 20.6. The summed E-state index contributed by atoms with van der Waals surface area (Å²) in [5.74, 6) is -1.96. The number of amides is 2. The van der Waals surface area contributed by atoms with Gasteiger partial charge in [-0.05, 0) is 38.0 Å². The van der Waals surface area contributed by atoms with Gasteiger partial charge in [0.1, 0.15) is 18.6 Å². The Morgan fingerprint density at radius 2 is 1.67 bits per heavy atom. The van der Waals surface area contributed by atoms with Crippen LogP contribution in [0.5, 0.6) is 0 Å². The van der Waals surface area contributed by atoms with E-state index >= 15 is 0 Å². The van der Waals surface area contributed by atoms with E-state index in [9.17, 15) is 19.2 Å². The lowest BCUT2D eigenvalue weighted by Gasteiger charge is -2.19. The van der Waals surface area contributed by atoms with E-state index in [1.54, 1.807) is 13.8 Å². The highest BCUT2D eigenvalue weighted by atomic mass is 79.9. The summed E-state index contributed by atoms with van der Waals surface area (Å²) >= 11 is 4.85. The highest BCUT2D eigenvalue weighted by Crippen LogP contribution is 2.16. The Morgan fingerprint density at radius 1 is 1.08 bits per heavy atom. The normalized spacial score (nSPS) is 11.7. The lowest BCUT2D eigenvalue weighted by molar-refractivity contribution is -0.145. The Labute approximate surface area is 223 Å². The predicted molar refractivity (Wildman–Crippen MR) is 139 cm³/mol. The van der Waals surface area contributed by atoms with Gasteiger partial charge in [0.15, 0.2) is 0 Å². The average Bonchev–Trinajstić information content (AvgIpc) is 2.81. The Balaban J connectivity index is 0.00000283. The number of carboxylic acid groups (broad SMARTS) is 1. The minimum Gasteiger partial charge on any atom is -0.481 e. The number of hydrogen-bond acceptors (Lipinski definition) is 9. The molecule has 0 aliphatic carbocycles. The van der Waals surface area contributed by atoms with Crippen LogP contribution in [0.4, 0.5) is 0 Å². The first-order valence-corrected chi connectivity index (χ1v) is 13.1. The molecule has 0 heterocycles. The van der Waals surface area contributed by atoms with Crippen LogP contribution in [-0.4, -0.2) is 72.4 Å². The van der Waals surface area contributed by atoms with Gasteiger partial charge in [0.05, 0.1) is 13.2 Å². The van der Waals surface area contributed by atoms with Gasteiger partial charge < -0.3 is 30.9 Å².